The second-order valence-electron chi connectivity index (χ2n) is 10.6. The van der Waals surface area contributed by atoms with Crippen molar-refractivity contribution in [3.63, 3.8) is 0 Å². The highest BCUT2D eigenvalue weighted by atomic mass is 16.4. The predicted octanol–water partition coefficient (Wildman–Crippen LogP) is 7.31. The Morgan fingerprint density at radius 2 is 1.53 bits per heavy atom. The zero-order chi connectivity index (χ0) is 22.5. The van der Waals surface area contributed by atoms with Crippen molar-refractivity contribution in [1.82, 2.24) is 0 Å². The van der Waals surface area contributed by atoms with Crippen molar-refractivity contribution in [2.24, 2.45) is 40.4 Å². The van der Waals surface area contributed by atoms with Gasteiger partial charge in [0.15, 0.2) is 0 Å². The van der Waals surface area contributed by atoms with Crippen molar-refractivity contribution in [3.05, 3.63) is 0 Å². The molecule has 0 aliphatic heterocycles. The van der Waals surface area contributed by atoms with Crippen LogP contribution in [0.4, 0.5) is 0 Å². The molecule has 0 aromatic heterocycles. The number of aliphatic carboxylic acids is 1. The van der Waals surface area contributed by atoms with Gasteiger partial charge in [-0.15, -0.1) is 0 Å². The minimum atomic E-state index is -0.653. The van der Waals surface area contributed by atoms with Crippen LogP contribution in [0.3, 0.4) is 0 Å². The van der Waals surface area contributed by atoms with Gasteiger partial charge in [0, 0.05) is 6.42 Å². The Balaban J connectivity index is 0.000000757. The molecule has 4 fully saturated rings. The lowest BCUT2D eigenvalue weighted by molar-refractivity contribution is -0.157. The summed E-state index contributed by atoms with van der Waals surface area (Å²) in [7, 11) is 0. The Labute approximate surface area is 186 Å². The first-order chi connectivity index (χ1) is 14.4. The molecule has 4 aliphatic rings. The Hall–Kier alpha value is -0.570. The molecule has 4 saturated carbocycles. The molecule has 2 N–H and O–H groups in total. The van der Waals surface area contributed by atoms with E-state index in [1.807, 2.05) is 27.7 Å². The largest absolute Gasteiger partial charge is 0.481 e. The highest BCUT2D eigenvalue weighted by Crippen LogP contribution is 2.67. The fourth-order valence-corrected chi connectivity index (χ4v) is 8.44. The van der Waals surface area contributed by atoms with Gasteiger partial charge in [0.1, 0.15) is 0 Å². The molecule has 0 heterocycles. The molecular formula is C27H50O3. The second-order valence-corrected chi connectivity index (χ2v) is 10.6. The lowest BCUT2D eigenvalue weighted by Crippen LogP contribution is -2.56. The van der Waals surface area contributed by atoms with Crippen LogP contribution in [0.25, 0.3) is 0 Å². The Kier molecular flexibility index (Phi) is 9.28. The van der Waals surface area contributed by atoms with Crippen LogP contribution in [-0.4, -0.2) is 22.3 Å². The number of carboxylic acid groups (broad SMARTS) is 1. The SMILES string of the molecule is CC.CC.CC12CC[C@H]3C(C[C@H](O)C4CCCCC43C)C1CCC2CCCC(=O)O. The van der Waals surface area contributed by atoms with Crippen LogP contribution < -0.4 is 0 Å². The average molecular weight is 423 g/mol. The molecule has 0 saturated heterocycles. The molecule has 176 valence electrons. The van der Waals surface area contributed by atoms with E-state index in [1.54, 1.807) is 0 Å². The van der Waals surface area contributed by atoms with E-state index in [9.17, 15) is 9.90 Å². The maximum absolute atomic E-state index is 11.0. The number of hydrogen-bond donors (Lipinski definition) is 2. The van der Waals surface area contributed by atoms with Gasteiger partial charge in [0.2, 0.25) is 0 Å². The van der Waals surface area contributed by atoms with Crippen molar-refractivity contribution < 1.29 is 15.0 Å². The van der Waals surface area contributed by atoms with E-state index in [-0.39, 0.29) is 6.10 Å². The van der Waals surface area contributed by atoms with E-state index >= 15 is 0 Å². The molecule has 3 heteroatoms. The molecule has 30 heavy (non-hydrogen) atoms. The third-order valence-corrected chi connectivity index (χ3v) is 9.73. The van der Waals surface area contributed by atoms with Crippen molar-refractivity contribution in [2.75, 3.05) is 0 Å². The van der Waals surface area contributed by atoms with Crippen molar-refractivity contribution in [1.29, 1.82) is 0 Å². The molecule has 0 radical (unpaired) electrons. The summed E-state index contributed by atoms with van der Waals surface area (Å²) in [4.78, 5) is 10.9. The smallest absolute Gasteiger partial charge is 0.303 e. The van der Waals surface area contributed by atoms with Gasteiger partial charge < -0.3 is 10.2 Å². The normalized spacial score (nSPS) is 44.2. The van der Waals surface area contributed by atoms with Gasteiger partial charge in [-0.05, 0) is 98.2 Å². The summed E-state index contributed by atoms with van der Waals surface area (Å²) in [6.07, 6.45) is 13.7. The zero-order valence-corrected chi connectivity index (χ0v) is 20.8. The van der Waals surface area contributed by atoms with Gasteiger partial charge in [-0.3, -0.25) is 4.79 Å². The standard InChI is InChI=1S/C23H38O3.2C2H6/c1-22-13-11-18-16(14-20(24)19-7-3-4-12-23(18,19)2)17(22)10-9-15(22)6-5-8-21(25)26;2*1-2/h15-20,24H,3-14H2,1-2H3,(H,25,26);2*1-2H3/t15?,16?,17?,18-,19?,20-,22?,23?;;/m0../s1. The fraction of sp³-hybridized carbons (Fsp3) is 0.963. The summed E-state index contributed by atoms with van der Waals surface area (Å²) < 4.78 is 0. The number of aliphatic hydroxyl groups excluding tert-OH is 1. The van der Waals surface area contributed by atoms with Crippen LogP contribution in [0.5, 0.6) is 0 Å². The summed E-state index contributed by atoms with van der Waals surface area (Å²) in [6.45, 7) is 13.0. The number of carboxylic acids is 1. The lowest BCUT2D eigenvalue weighted by Gasteiger charge is -2.61. The molecule has 0 spiro atoms. The van der Waals surface area contributed by atoms with E-state index in [1.165, 1.54) is 51.4 Å². The zero-order valence-electron chi connectivity index (χ0n) is 20.8. The molecule has 3 nitrogen and oxygen atoms in total. The molecule has 0 aromatic carbocycles. The number of rotatable bonds is 4. The molecular weight excluding hydrogens is 372 g/mol. The van der Waals surface area contributed by atoms with Gasteiger partial charge >= 0.3 is 5.97 Å². The molecule has 0 aromatic rings. The second kappa shape index (κ2) is 10.8. The third-order valence-electron chi connectivity index (χ3n) is 9.73. The quantitative estimate of drug-likeness (QED) is 0.499. The summed E-state index contributed by atoms with van der Waals surface area (Å²) in [5.41, 5.74) is 0.751. The van der Waals surface area contributed by atoms with Crippen molar-refractivity contribution in [3.8, 4) is 0 Å². The van der Waals surface area contributed by atoms with E-state index in [0.29, 0.717) is 35.0 Å². The van der Waals surface area contributed by atoms with Gasteiger partial charge in [-0.25, -0.2) is 0 Å². The van der Waals surface area contributed by atoms with E-state index in [2.05, 4.69) is 13.8 Å². The predicted molar refractivity (Wildman–Crippen MR) is 125 cm³/mol. The van der Waals surface area contributed by atoms with Gasteiger partial charge in [0.25, 0.3) is 0 Å². The highest BCUT2D eigenvalue weighted by molar-refractivity contribution is 5.66. The maximum atomic E-state index is 11.0. The first-order valence-corrected chi connectivity index (χ1v) is 13.3. The fourth-order valence-electron chi connectivity index (χ4n) is 8.44. The van der Waals surface area contributed by atoms with Crippen molar-refractivity contribution >= 4 is 5.97 Å². The molecule has 0 amide bonds. The van der Waals surface area contributed by atoms with E-state index in [4.69, 9.17) is 5.11 Å². The van der Waals surface area contributed by atoms with Crippen LogP contribution in [0, 0.1) is 40.4 Å². The number of fused-ring (bicyclic) bond motifs is 5. The van der Waals surface area contributed by atoms with Gasteiger partial charge in [-0.1, -0.05) is 54.4 Å². The summed E-state index contributed by atoms with van der Waals surface area (Å²) >= 11 is 0. The van der Waals surface area contributed by atoms with Crippen LogP contribution in [-0.2, 0) is 4.79 Å². The molecule has 4 rings (SSSR count). The molecule has 8 atom stereocenters. The topological polar surface area (TPSA) is 57.5 Å². The first kappa shape index (κ1) is 25.7. The van der Waals surface area contributed by atoms with Crippen LogP contribution in [0.2, 0.25) is 0 Å². The maximum Gasteiger partial charge on any atom is 0.303 e. The average Bonchev–Trinajstić information content (AvgIpc) is 3.07. The first-order valence-electron chi connectivity index (χ1n) is 13.3. The van der Waals surface area contributed by atoms with E-state index in [0.717, 1.165) is 31.1 Å². The van der Waals surface area contributed by atoms with Crippen LogP contribution in [0.15, 0.2) is 0 Å². The summed E-state index contributed by atoms with van der Waals surface area (Å²) in [5.74, 6) is 2.85. The van der Waals surface area contributed by atoms with Crippen molar-refractivity contribution in [2.45, 2.75) is 125 Å². The molecule has 0 bridgehead atoms. The highest BCUT2D eigenvalue weighted by Gasteiger charge is 2.61. The summed E-state index contributed by atoms with van der Waals surface area (Å²) in [5, 5.41) is 20.0. The molecule has 6 unspecified atom stereocenters. The molecule has 4 aliphatic carbocycles. The Morgan fingerprint density at radius 3 is 2.20 bits per heavy atom. The third kappa shape index (κ3) is 4.62. The Bertz CT molecular complexity index is 546. The lowest BCUT2D eigenvalue weighted by atomic mass is 9.44. The van der Waals surface area contributed by atoms with Crippen LogP contribution >= 0.6 is 0 Å². The monoisotopic (exact) mass is 422 g/mol. The minimum Gasteiger partial charge on any atom is -0.481 e. The minimum absolute atomic E-state index is 0.0880. The number of aliphatic hydroxyl groups is 1. The number of carbonyl (C=O) groups is 1. The van der Waals surface area contributed by atoms with Crippen LogP contribution in [0.1, 0.15) is 119 Å². The van der Waals surface area contributed by atoms with Gasteiger partial charge in [0.05, 0.1) is 6.10 Å². The Morgan fingerprint density at radius 1 is 0.867 bits per heavy atom. The van der Waals surface area contributed by atoms with E-state index < -0.39 is 5.97 Å². The number of hydrogen-bond acceptors (Lipinski definition) is 2. The summed E-state index contributed by atoms with van der Waals surface area (Å²) in [6, 6.07) is 0. The van der Waals surface area contributed by atoms with Gasteiger partial charge in [-0.2, -0.15) is 0 Å².